The molecule has 33 heavy (non-hydrogen) atoms. The largest absolute Gasteiger partial charge is 0.384 e. The van der Waals surface area contributed by atoms with E-state index in [4.69, 9.17) is 4.74 Å². The monoisotopic (exact) mass is 488 g/mol. The van der Waals surface area contributed by atoms with Gasteiger partial charge >= 0.3 is 0 Å². The lowest BCUT2D eigenvalue weighted by Crippen LogP contribution is -2.36. The number of nitrogens with zero attached hydrogens (tertiary/aromatic N) is 4. The fourth-order valence-electron chi connectivity index (χ4n) is 4.48. The zero-order valence-electron chi connectivity index (χ0n) is 19.5. The predicted molar refractivity (Wildman–Crippen MR) is 135 cm³/mol. The molecular weight excluding hydrogens is 456 g/mol. The first-order chi connectivity index (χ1) is 15.9. The van der Waals surface area contributed by atoms with Gasteiger partial charge in [0.2, 0.25) is 0 Å². The van der Waals surface area contributed by atoms with Crippen LogP contribution >= 0.6 is 11.8 Å². The maximum Gasteiger partial charge on any atom is 0.269 e. The molecule has 9 heteroatoms. The van der Waals surface area contributed by atoms with E-state index in [1.807, 2.05) is 24.8 Å². The molecule has 0 saturated heterocycles. The molecule has 0 unspecified atom stereocenters. The van der Waals surface area contributed by atoms with Gasteiger partial charge in [-0.05, 0) is 62.5 Å². The number of thioether (sulfide) groups is 1. The van der Waals surface area contributed by atoms with E-state index in [0.29, 0.717) is 11.7 Å². The average molecular weight is 489 g/mol. The fraction of sp³-hybridized carbons (Fsp3) is 0.500. The zero-order valence-corrected chi connectivity index (χ0v) is 21.1. The van der Waals surface area contributed by atoms with Gasteiger partial charge in [-0.15, -0.1) is 0 Å². The van der Waals surface area contributed by atoms with E-state index in [2.05, 4.69) is 21.9 Å². The van der Waals surface area contributed by atoms with Gasteiger partial charge in [-0.2, -0.15) is 11.8 Å². The van der Waals surface area contributed by atoms with E-state index < -0.39 is 10.0 Å². The second kappa shape index (κ2) is 10.4. The molecule has 1 aromatic carbocycles. The van der Waals surface area contributed by atoms with Crippen LogP contribution in [-0.2, 0) is 14.8 Å². The van der Waals surface area contributed by atoms with Gasteiger partial charge in [0.15, 0.2) is 5.65 Å². The van der Waals surface area contributed by atoms with Crippen molar-refractivity contribution in [1.29, 1.82) is 0 Å². The van der Waals surface area contributed by atoms with Crippen LogP contribution in [0.4, 0.5) is 5.82 Å². The maximum atomic E-state index is 13.2. The minimum atomic E-state index is -3.73. The van der Waals surface area contributed by atoms with E-state index in [9.17, 15) is 8.42 Å². The summed E-state index contributed by atoms with van der Waals surface area (Å²) in [5.74, 6) is 3.79. The molecule has 0 N–H and O–H groups in total. The highest BCUT2D eigenvalue weighted by Crippen LogP contribution is 2.33. The topological polar surface area (TPSA) is 77.3 Å². The van der Waals surface area contributed by atoms with E-state index in [1.165, 1.54) is 28.9 Å². The maximum absolute atomic E-state index is 13.2. The molecule has 4 rings (SSSR count). The third-order valence-corrected chi connectivity index (χ3v) is 9.33. The summed E-state index contributed by atoms with van der Waals surface area (Å²) in [6, 6.07) is 9.08. The Morgan fingerprint density at radius 3 is 2.55 bits per heavy atom. The Bertz CT molecular complexity index is 1170. The highest BCUT2D eigenvalue weighted by Gasteiger charge is 2.27. The van der Waals surface area contributed by atoms with Crippen LogP contribution in [0.2, 0.25) is 0 Å². The molecule has 0 radical (unpaired) electrons. The SMILES string of the molecule is COCCSCC1CCC(N(C)c2ncnc3c2ccn3S(=O)(=O)c2ccc(C)cc2)CC1. The van der Waals surface area contributed by atoms with Crippen molar-refractivity contribution in [2.75, 3.05) is 37.2 Å². The van der Waals surface area contributed by atoms with E-state index >= 15 is 0 Å². The van der Waals surface area contributed by atoms with Crippen LogP contribution in [0.5, 0.6) is 0 Å². The standard InChI is InChI=1S/C24H32N4O3S2/c1-18-4-10-21(11-5-18)33(29,30)28-13-12-22-23(25-17-26-24(22)28)27(2)20-8-6-19(7-9-20)16-32-15-14-31-3/h4-5,10-13,17,19-20H,6-9,14-16H2,1-3H3. The van der Waals surface area contributed by atoms with E-state index in [0.717, 1.165) is 47.9 Å². The van der Waals surface area contributed by atoms with Crippen LogP contribution in [0.3, 0.4) is 0 Å². The Kier molecular flexibility index (Phi) is 7.61. The molecule has 1 aliphatic carbocycles. The summed E-state index contributed by atoms with van der Waals surface area (Å²) >= 11 is 1.98. The Labute approximate surface area is 200 Å². The summed E-state index contributed by atoms with van der Waals surface area (Å²) in [5.41, 5.74) is 1.43. The summed E-state index contributed by atoms with van der Waals surface area (Å²) in [4.78, 5) is 11.3. The van der Waals surface area contributed by atoms with E-state index in [-0.39, 0.29) is 4.90 Å². The summed E-state index contributed by atoms with van der Waals surface area (Å²) in [7, 11) is 0.0792. The van der Waals surface area contributed by atoms with Crippen molar-refractivity contribution in [3.05, 3.63) is 48.4 Å². The molecule has 178 valence electrons. The van der Waals surface area contributed by atoms with Gasteiger partial charge in [0.25, 0.3) is 10.0 Å². The fourth-order valence-corrected chi connectivity index (χ4v) is 6.90. The molecule has 0 amide bonds. The number of benzene rings is 1. The minimum absolute atomic E-state index is 0.251. The molecule has 1 aliphatic rings. The van der Waals surface area contributed by atoms with Crippen LogP contribution < -0.4 is 4.90 Å². The Balaban J connectivity index is 1.51. The van der Waals surface area contributed by atoms with Gasteiger partial charge in [0.1, 0.15) is 12.1 Å². The Morgan fingerprint density at radius 2 is 1.85 bits per heavy atom. The van der Waals surface area contributed by atoms with Crippen LogP contribution in [-0.4, -0.2) is 60.7 Å². The number of methoxy groups -OCH3 is 1. The lowest BCUT2D eigenvalue weighted by atomic mass is 9.86. The third kappa shape index (κ3) is 5.20. The van der Waals surface area contributed by atoms with Gasteiger partial charge in [-0.3, -0.25) is 0 Å². The van der Waals surface area contributed by atoms with Gasteiger partial charge < -0.3 is 9.64 Å². The minimum Gasteiger partial charge on any atom is -0.384 e. The number of ether oxygens (including phenoxy) is 1. The normalized spacial score (nSPS) is 19.1. The van der Waals surface area contributed by atoms with Crippen molar-refractivity contribution >= 4 is 38.6 Å². The van der Waals surface area contributed by atoms with Gasteiger partial charge in [0.05, 0.1) is 16.9 Å². The van der Waals surface area contributed by atoms with Gasteiger partial charge in [0, 0.05) is 32.1 Å². The lowest BCUT2D eigenvalue weighted by Gasteiger charge is -2.35. The molecule has 3 aromatic rings. The van der Waals surface area contributed by atoms with E-state index in [1.54, 1.807) is 37.6 Å². The zero-order chi connectivity index (χ0) is 23.4. The first-order valence-corrected chi connectivity index (χ1v) is 13.9. The second-order valence-electron chi connectivity index (χ2n) is 8.72. The summed E-state index contributed by atoms with van der Waals surface area (Å²) in [5, 5.41) is 0.757. The van der Waals surface area contributed by atoms with Crippen molar-refractivity contribution < 1.29 is 13.2 Å². The number of hydrogen-bond acceptors (Lipinski definition) is 7. The quantitative estimate of drug-likeness (QED) is 0.414. The summed E-state index contributed by atoms with van der Waals surface area (Å²) in [6.07, 6.45) is 7.67. The molecule has 0 spiro atoms. The third-order valence-electron chi connectivity index (χ3n) is 6.49. The lowest BCUT2D eigenvalue weighted by molar-refractivity contribution is 0.218. The van der Waals surface area contributed by atoms with Crippen LogP contribution in [0.25, 0.3) is 11.0 Å². The van der Waals surface area contributed by atoms with Crippen molar-refractivity contribution in [2.45, 2.75) is 43.5 Å². The first-order valence-electron chi connectivity index (χ1n) is 11.4. The summed E-state index contributed by atoms with van der Waals surface area (Å²) < 4.78 is 32.9. The second-order valence-corrected chi connectivity index (χ2v) is 11.7. The van der Waals surface area contributed by atoms with Crippen LogP contribution in [0.1, 0.15) is 31.2 Å². The molecular formula is C24H32N4O3S2. The number of hydrogen-bond donors (Lipinski definition) is 0. The molecule has 1 fully saturated rings. The number of aromatic nitrogens is 3. The molecule has 7 nitrogen and oxygen atoms in total. The van der Waals surface area contributed by atoms with Gasteiger partial charge in [-0.25, -0.2) is 22.4 Å². The number of fused-ring (bicyclic) bond motifs is 1. The summed E-state index contributed by atoms with van der Waals surface area (Å²) in [6.45, 7) is 2.75. The Hall–Kier alpha value is -2.10. The number of aryl methyl sites for hydroxylation is 1. The number of anilines is 1. The van der Waals surface area contributed by atoms with Crippen molar-refractivity contribution in [3.63, 3.8) is 0 Å². The van der Waals surface area contributed by atoms with Crippen molar-refractivity contribution in [2.24, 2.45) is 5.92 Å². The molecule has 0 atom stereocenters. The smallest absolute Gasteiger partial charge is 0.269 e. The molecule has 2 heterocycles. The molecule has 1 saturated carbocycles. The predicted octanol–water partition coefficient (Wildman–Crippen LogP) is 4.35. The van der Waals surface area contributed by atoms with Gasteiger partial charge in [-0.1, -0.05) is 17.7 Å². The molecule has 0 aliphatic heterocycles. The average Bonchev–Trinajstić information content (AvgIpc) is 3.27. The first kappa shape index (κ1) is 24.0. The van der Waals surface area contributed by atoms with Crippen LogP contribution in [0, 0.1) is 12.8 Å². The number of rotatable bonds is 9. The molecule has 2 aromatic heterocycles. The van der Waals surface area contributed by atoms with Crippen molar-refractivity contribution in [3.8, 4) is 0 Å². The van der Waals surface area contributed by atoms with Crippen molar-refractivity contribution in [1.82, 2.24) is 13.9 Å². The highest BCUT2D eigenvalue weighted by atomic mass is 32.2. The molecule has 0 bridgehead atoms. The highest BCUT2D eigenvalue weighted by molar-refractivity contribution is 7.99. The van der Waals surface area contributed by atoms with Crippen LogP contribution in [0.15, 0.2) is 47.8 Å². The Morgan fingerprint density at radius 1 is 1.12 bits per heavy atom.